The van der Waals surface area contributed by atoms with Crippen LogP contribution in [0, 0.1) is 11.8 Å². The van der Waals surface area contributed by atoms with E-state index in [4.69, 9.17) is 0 Å². The van der Waals surface area contributed by atoms with Crippen molar-refractivity contribution in [1.82, 2.24) is 10.6 Å². The first kappa shape index (κ1) is 22.8. The molecule has 1 amide bonds. The summed E-state index contributed by atoms with van der Waals surface area (Å²) < 4.78 is 39.0. The number of rotatable bonds is 5. The smallest absolute Gasteiger partial charge is 0.349 e. The van der Waals surface area contributed by atoms with E-state index in [1.54, 1.807) is 6.07 Å². The van der Waals surface area contributed by atoms with Crippen LogP contribution in [0.15, 0.2) is 24.3 Å². The van der Waals surface area contributed by atoms with Crippen molar-refractivity contribution in [2.24, 2.45) is 11.8 Å². The summed E-state index contributed by atoms with van der Waals surface area (Å²) in [5.41, 5.74) is -0.164. The summed E-state index contributed by atoms with van der Waals surface area (Å²) in [4.78, 5) is 12.6. The number of hydrogen-bond acceptors (Lipinski definition) is 2. The van der Waals surface area contributed by atoms with Crippen molar-refractivity contribution >= 4 is 18.3 Å². The van der Waals surface area contributed by atoms with Gasteiger partial charge in [0.1, 0.15) is 0 Å². The monoisotopic (exact) mass is 392 g/mol. The Bertz CT molecular complexity index is 592. The zero-order valence-corrected chi connectivity index (χ0v) is 16.2. The van der Waals surface area contributed by atoms with E-state index in [0.717, 1.165) is 31.5 Å². The van der Waals surface area contributed by atoms with Gasteiger partial charge in [-0.15, -0.1) is 12.4 Å². The summed E-state index contributed by atoms with van der Waals surface area (Å²) >= 11 is 0. The third-order valence-electron chi connectivity index (χ3n) is 4.63. The van der Waals surface area contributed by atoms with Crippen LogP contribution in [0.2, 0.25) is 0 Å². The Morgan fingerprint density at radius 3 is 2.62 bits per heavy atom. The Morgan fingerprint density at radius 1 is 1.35 bits per heavy atom. The molecule has 1 aromatic rings. The Hall–Kier alpha value is -1.27. The number of benzene rings is 1. The highest BCUT2D eigenvalue weighted by molar-refractivity contribution is 5.85. The quantitative estimate of drug-likeness (QED) is 0.761. The van der Waals surface area contributed by atoms with Crippen LogP contribution < -0.4 is 10.6 Å². The van der Waals surface area contributed by atoms with E-state index in [9.17, 15) is 18.0 Å². The third-order valence-corrected chi connectivity index (χ3v) is 4.63. The van der Waals surface area contributed by atoms with Crippen molar-refractivity contribution in [3.05, 3.63) is 35.4 Å². The minimum absolute atomic E-state index is 0. The van der Waals surface area contributed by atoms with Crippen LogP contribution in [0.25, 0.3) is 0 Å². The average Bonchev–Trinajstić information content (AvgIpc) is 2.53. The van der Waals surface area contributed by atoms with Crippen LogP contribution in [0.4, 0.5) is 13.2 Å². The first-order valence-electron chi connectivity index (χ1n) is 8.87. The van der Waals surface area contributed by atoms with Gasteiger partial charge in [-0.05, 0) is 56.3 Å². The number of hydrogen-bond donors (Lipinski definition) is 2. The standard InChI is InChI=1S/C19H27F3N2O.ClH/c1-12(2)9-17(14-5-4-6-16(11-14)19(20,21)22)24-18(25)15-7-8-23-13(3)10-15;/h4-6,11-13,15,17,23H,7-10H2,1-3H3,(H,24,25);1H/t13-,15-,17?;/m0./s1. The van der Waals surface area contributed by atoms with Crippen molar-refractivity contribution in [1.29, 1.82) is 0 Å². The van der Waals surface area contributed by atoms with Crippen molar-refractivity contribution in [2.75, 3.05) is 6.54 Å². The van der Waals surface area contributed by atoms with Gasteiger partial charge in [-0.25, -0.2) is 0 Å². The van der Waals surface area contributed by atoms with Crippen LogP contribution in [-0.2, 0) is 11.0 Å². The Kier molecular flexibility index (Phi) is 8.41. The van der Waals surface area contributed by atoms with Gasteiger partial charge in [0.05, 0.1) is 11.6 Å². The number of nitrogens with one attached hydrogen (secondary N) is 2. The number of carbonyl (C=O) groups is 1. The molecule has 1 aliphatic rings. The lowest BCUT2D eigenvalue weighted by Gasteiger charge is -2.29. The molecule has 0 radical (unpaired) electrons. The van der Waals surface area contributed by atoms with Gasteiger partial charge < -0.3 is 10.6 Å². The molecule has 1 heterocycles. The molecule has 0 spiro atoms. The fourth-order valence-electron chi connectivity index (χ4n) is 3.34. The van der Waals surface area contributed by atoms with Gasteiger partial charge in [-0.1, -0.05) is 26.0 Å². The second kappa shape index (κ2) is 9.60. The molecule has 2 rings (SSSR count). The SMILES string of the molecule is CC(C)CC(NC(=O)[C@H]1CCN[C@@H](C)C1)c1cccc(C(F)(F)F)c1.Cl. The molecular weight excluding hydrogens is 365 g/mol. The van der Waals surface area contributed by atoms with E-state index in [-0.39, 0.29) is 36.2 Å². The summed E-state index contributed by atoms with van der Waals surface area (Å²) in [6.45, 7) is 6.83. The third kappa shape index (κ3) is 6.47. The van der Waals surface area contributed by atoms with Crippen molar-refractivity contribution in [3.63, 3.8) is 0 Å². The molecule has 0 saturated carbocycles. The molecule has 148 valence electrons. The lowest BCUT2D eigenvalue weighted by atomic mass is 9.90. The van der Waals surface area contributed by atoms with Gasteiger partial charge in [0.2, 0.25) is 5.91 Å². The highest BCUT2D eigenvalue weighted by atomic mass is 35.5. The maximum absolute atomic E-state index is 13.0. The predicted molar refractivity (Wildman–Crippen MR) is 99.2 cm³/mol. The zero-order chi connectivity index (χ0) is 18.6. The van der Waals surface area contributed by atoms with Gasteiger partial charge in [0, 0.05) is 12.0 Å². The van der Waals surface area contributed by atoms with Gasteiger partial charge in [0.15, 0.2) is 0 Å². The molecule has 26 heavy (non-hydrogen) atoms. The normalized spacial score (nSPS) is 21.8. The summed E-state index contributed by atoms with van der Waals surface area (Å²) in [5.74, 6) is 0.111. The van der Waals surface area contributed by atoms with Crippen molar-refractivity contribution < 1.29 is 18.0 Å². The molecule has 1 aromatic carbocycles. The molecule has 2 N–H and O–H groups in total. The number of halogens is 4. The predicted octanol–water partition coefficient (Wildman–Crippen LogP) is 4.72. The molecule has 0 aliphatic carbocycles. The Labute approximate surface area is 159 Å². The van der Waals surface area contributed by atoms with Crippen LogP contribution >= 0.6 is 12.4 Å². The van der Waals surface area contributed by atoms with Crippen molar-refractivity contribution in [3.8, 4) is 0 Å². The first-order chi connectivity index (χ1) is 11.7. The fraction of sp³-hybridized carbons (Fsp3) is 0.632. The lowest BCUT2D eigenvalue weighted by Crippen LogP contribution is -2.43. The average molecular weight is 393 g/mol. The van der Waals surface area contributed by atoms with Crippen LogP contribution in [0.3, 0.4) is 0 Å². The molecule has 1 unspecified atom stereocenters. The minimum Gasteiger partial charge on any atom is -0.349 e. The van der Waals surface area contributed by atoms with E-state index in [0.29, 0.717) is 12.0 Å². The molecule has 3 atom stereocenters. The summed E-state index contributed by atoms with van der Waals surface area (Å²) in [5, 5.41) is 6.30. The van der Waals surface area contributed by atoms with Gasteiger partial charge in [0.25, 0.3) is 0 Å². The van der Waals surface area contributed by atoms with Crippen LogP contribution in [0.1, 0.15) is 57.2 Å². The van der Waals surface area contributed by atoms with Gasteiger partial charge >= 0.3 is 6.18 Å². The maximum atomic E-state index is 13.0. The highest BCUT2D eigenvalue weighted by Crippen LogP contribution is 2.32. The number of alkyl halides is 3. The largest absolute Gasteiger partial charge is 0.416 e. The van der Waals surface area contributed by atoms with E-state index in [2.05, 4.69) is 10.6 Å². The zero-order valence-electron chi connectivity index (χ0n) is 15.4. The molecule has 0 bridgehead atoms. The molecule has 7 heteroatoms. The van der Waals surface area contributed by atoms with Crippen LogP contribution in [-0.4, -0.2) is 18.5 Å². The minimum atomic E-state index is -4.38. The maximum Gasteiger partial charge on any atom is 0.416 e. The van der Waals surface area contributed by atoms with Gasteiger partial charge in [-0.3, -0.25) is 4.79 Å². The van der Waals surface area contributed by atoms with Crippen LogP contribution in [0.5, 0.6) is 0 Å². The van der Waals surface area contributed by atoms with Crippen molar-refractivity contribution in [2.45, 2.75) is 58.3 Å². The topological polar surface area (TPSA) is 41.1 Å². The van der Waals surface area contributed by atoms with E-state index < -0.39 is 17.8 Å². The first-order valence-corrected chi connectivity index (χ1v) is 8.87. The Balaban J connectivity index is 0.00000338. The van der Waals surface area contributed by atoms with E-state index >= 15 is 0 Å². The second-order valence-electron chi connectivity index (χ2n) is 7.39. The summed E-state index contributed by atoms with van der Waals surface area (Å²) in [7, 11) is 0. The molecule has 0 aromatic heterocycles. The van der Waals surface area contributed by atoms with Gasteiger partial charge in [-0.2, -0.15) is 13.2 Å². The molecule has 3 nitrogen and oxygen atoms in total. The highest BCUT2D eigenvalue weighted by Gasteiger charge is 2.32. The second-order valence-corrected chi connectivity index (χ2v) is 7.39. The fourth-order valence-corrected chi connectivity index (χ4v) is 3.34. The summed E-state index contributed by atoms with van der Waals surface area (Å²) in [6.07, 6.45) is -2.27. The van der Waals surface area contributed by atoms with E-state index in [1.165, 1.54) is 6.07 Å². The molecule has 1 fully saturated rings. The summed E-state index contributed by atoms with van der Waals surface area (Å²) in [6, 6.07) is 5.16. The lowest BCUT2D eigenvalue weighted by molar-refractivity contribution is -0.137. The Morgan fingerprint density at radius 2 is 2.04 bits per heavy atom. The molecule has 1 aliphatic heterocycles. The number of amides is 1. The molecular formula is C19H28ClF3N2O. The molecule has 1 saturated heterocycles. The van der Waals surface area contributed by atoms with E-state index in [1.807, 2.05) is 20.8 Å². The number of piperidine rings is 1. The number of carbonyl (C=O) groups excluding carboxylic acids is 1.